The van der Waals surface area contributed by atoms with Gasteiger partial charge in [0.25, 0.3) is 0 Å². The molecule has 1 N–H and O–H groups in total. The summed E-state index contributed by atoms with van der Waals surface area (Å²) in [6.07, 6.45) is 3.72. The van der Waals surface area contributed by atoms with E-state index in [2.05, 4.69) is 10.2 Å². The van der Waals surface area contributed by atoms with Crippen LogP contribution in [0.15, 0.2) is 18.5 Å². The Hall–Kier alpha value is -1.65. The van der Waals surface area contributed by atoms with Crippen LogP contribution < -0.4 is 0 Å². The largest absolute Gasteiger partial charge is 0.278 e. The van der Waals surface area contributed by atoms with Gasteiger partial charge in [-0.15, -0.1) is 0 Å². The van der Waals surface area contributed by atoms with Gasteiger partial charge in [-0.25, -0.2) is 0 Å². The number of nitrogens with one attached hydrogen (secondary N) is 1. The first kappa shape index (κ1) is 6.47. The highest BCUT2D eigenvalue weighted by Gasteiger charge is 1.88. The third-order valence-corrected chi connectivity index (χ3v) is 0.898. The lowest BCUT2D eigenvalue weighted by Crippen LogP contribution is -1.82. The SMILES string of the molecule is O=[N+]([O-])/C=C/c1ccn[nH]1. The van der Waals surface area contributed by atoms with Gasteiger partial charge in [0.15, 0.2) is 0 Å². The van der Waals surface area contributed by atoms with Crippen LogP contribution >= 0.6 is 0 Å². The number of nitrogens with zero attached hydrogens (tertiary/aromatic N) is 2. The molecule has 0 aliphatic carbocycles. The molecule has 1 rings (SSSR count). The van der Waals surface area contributed by atoms with E-state index in [1.807, 2.05) is 0 Å². The minimum Gasteiger partial charge on any atom is -0.278 e. The number of H-pyrrole nitrogens is 1. The summed E-state index contributed by atoms with van der Waals surface area (Å²) in [6.45, 7) is 0. The van der Waals surface area contributed by atoms with Crippen molar-refractivity contribution in [1.29, 1.82) is 0 Å². The van der Waals surface area contributed by atoms with Crippen molar-refractivity contribution in [3.05, 3.63) is 34.3 Å². The molecule has 0 saturated carbocycles. The van der Waals surface area contributed by atoms with Crippen molar-refractivity contribution in [1.82, 2.24) is 10.2 Å². The topological polar surface area (TPSA) is 71.8 Å². The molecule has 0 unspecified atom stereocenters. The smallest absolute Gasteiger partial charge is 0.236 e. The van der Waals surface area contributed by atoms with Gasteiger partial charge in [-0.1, -0.05) is 0 Å². The lowest BCUT2D eigenvalue weighted by atomic mass is 10.4. The molecule has 0 aromatic carbocycles. The summed E-state index contributed by atoms with van der Waals surface area (Å²) in [7, 11) is 0. The molecule has 0 amide bonds. The third-order valence-electron chi connectivity index (χ3n) is 0.898. The van der Waals surface area contributed by atoms with Crippen molar-refractivity contribution in [2.75, 3.05) is 0 Å². The molecule has 0 spiro atoms. The molecule has 0 fully saturated rings. The Bertz CT molecular complexity index is 239. The van der Waals surface area contributed by atoms with Crippen LogP contribution in [0.5, 0.6) is 0 Å². The van der Waals surface area contributed by atoms with E-state index in [1.54, 1.807) is 6.07 Å². The van der Waals surface area contributed by atoms with Gasteiger partial charge >= 0.3 is 0 Å². The summed E-state index contributed by atoms with van der Waals surface area (Å²) in [4.78, 5) is 9.25. The average molecular weight is 139 g/mol. The predicted octanol–water partition coefficient (Wildman–Crippen LogP) is 0.657. The Balaban J connectivity index is 2.64. The lowest BCUT2D eigenvalue weighted by molar-refractivity contribution is -0.401. The van der Waals surface area contributed by atoms with Crippen molar-refractivity contribution in [2.45, 2.75) is 0 Å². The summed E-state index contributed by atoms with van der Waals surface area (Å²) in [5.41, 5.74) is 0.622. The Labute approximate surface area is 56.5 Å². The number of hydrogen-bond acceptors (Lipinski definition) is 3. The normalized spacial score (nSPS) is 10.4. The molecule has 0 aliphatic heterocycles. The minimum atomic E-state index is -0.527. The van der Waals surface area contributed by atoms with Gasteiger partial charge in [-0.3, -0.25) is 15.2 Å². The quantitative estimate of drug-likeness (QED) is 0.483. The fourth-order valence-electron chi connectivity index (χ4n) is 0.501. The molecule has 52 valence electrons. The van der Waals surface area contributed by atoms with E-state index in [9.17, 15) is 10.1 Å². The van der Waals surface area contributed by atoms with Gasteiger partial charge in [0.1, 0.15) is 0 Å². The van der Waals surface area contributed by atoms with Gasteiger partial charge < -0.3 is 0 Å². The van der Waals surface area contributed by atoms with Crippen LogP contribution in [0, 0.1) is 10.1 Å². The fraction of sp³-hybridized carbons (Fsp3) is 0. The zero-order chi connectivity index (χ0) is 7.40. The lowest BCUT2D eigenvalue weighted by Gasteiger charge is -1.77. The van der Waals surface area contributed by atoms with E-state index < -0.39 is 4.92 Å². The summed E-state index contributed by atoms with van der Waals surface area (Å²) >= 11 is 0. The summed E-state index contributed by atoms with van der Waals surface area (Å²) in [5, 5.41) is 15.9. The van der Waals surface area contributed by atoms with Crippen molar-refractivity contribution in [3.63, 3.8) is 0 Å². The van der Waals surface area contributed by atoms with Crippen molar-refractivity contribution < 1.29 is 4.92 Å². The maximum Gasteiger partial charge on any atom is 0.236 e. The number of nitro groups is 1. The maximum absolute atomic E-state index is 9.78. The molecule has 0 saturated heterocycles. The Morgan fingerprint density at radius 2 is 2.60 bits per heavy atom. The molecular weight excluding hydrogens is 134 g/mol. The maximum atomic E-state index is 9.78. The zero-order valence-electron chi connectivity index (χ0n) is 5.02. The predicted molar refractivity (Wildman–Crippen MR) is 34.6 cm³/mol. The Morgan fingerprint density at radius 3 is 3.10 bits per heavy atom. The first-order valence-corrected chi connectivity index (χ1v) is 2.60. The van der Waals surface area contributed by atoms with E-state index in [0.29, 0.717) is 5.69 Å². The van der Waals surface area contributed by atoms with Crippen LogP contribution in [0.2, 0.25) is 0 Å². The highest BCUT2D eigenvalue weighted by molar-refractivity contribution is 5.41. The number of hydrogen-bond donors (Lipinski definition) is 1. The second kappa shape index (κ2) is 2.77. The molecule has 0 atom stereocenters. The highest BCUT2D eigenvalue weighted by Crippen LogP contribution is 1.93. The highest BCUT2D eigenvalue weighted by atomic mass is 16.6. The minimum absolute atomic E-state index is 0.527. The van der Waals surface area contributed by atoms with Gasteiger partial charge in [-0.2, -0.15) is 5.10 Å². The van der Waals surface area contributed by atoms with Crippen LogP contribution in [0.1, 0.15) is 5.69 Å². The summed E-state index contributed by atoms with van der Waals surface area (Å²) in [5.74, 6) is 0. The molecule has 0 radical (unpaired) electrons. The van der Waals surface area contributed by atoms with Crippen molar-refractivity contribution in [3.8, 4) is 0 Å². The molecule has 5 nitrogen and oxygen atoms in total. The van der Waals surface area contributed by atoms with Gasteiger partial charge in [-0.05, 0) is 6.07 Å². The fourth-order valence-corrected chi connectivity index (χ4v) is 0.501. The van der Waals surface area contributed by atoms with Crippen LogP contribution in [0.3, 0.4) is 0 Å². The van der Waals surface area contributed by atoms with Crippen molar-refractivity contribution in [2.24, 2.45) is 0 Å². The summed E-state index contributed by atoms with van der Waals surface area (Å²) < 4.78 is 0. The monoisotopic (exact) mass is 139 g/mol. The van der Waals surface area contributed by atoms with Crippen LogP contribution in [-0.2, 0) is 0 Å². The van der Waals surface area contributed by atoms with Crippen LogP contribution in [0.4, 0.5) is 0 Å². The molecule has 1 heterocycles. The number of aromatic amines is 1. The molecule has 5 heteroatoms. The van der Waals surface area contributed by atoms with E-state index >= 15 is 0 Å². The Morgan fingerprint density at radius 1 is 1.80 bits per heavy atom. The van der Waals surface area contributed by atoms with Gasteiger partial charge in [0.05, 0.1) is 10.6 Å². The third kappa shape index (κ3) is 1.70. The second-order valence-corrected chi connectivity index (χ2v) is 1.61. The van der Waals surface area contributed by atoms with Gasteiger partial charge in [0, 0.05) is 12.3 Å². The van der Waals surface area contributed by atoms with Crippen molar-refractivity contribution >= 4 is 6.08 Å². The number of aromatic nitrogens is 2. The molecule has 0 aliphatic rings. The first-order chi connectivity index (χ1) is 4.79. The van der Waals surface area contributed by atoms with E-state index in [0.717, 1.165) is 6.20 Å². The average Bonchev–Trinajstić information content (AvgIpc) is 2.34. The Kier molecular flexibility index (Phi) is 1.79. The van der Waals surface area contributed by atoms with E-state index in [-0.39, 0.29) is 0 Å². The van der Waals surface area contributed by atoms with Crippen LogP contribution in [0.25, 0.3) is 6.08 Å². The molecule has 10 heavy (non-hydrogen) atoms. The van der Waals surface area contributed by atoms with E-state index in [1.165, 1.54) is 12.3 Å². The molecule has 0 bridgehead atoms. The van der Waals surface area contributed by atoms with Gasteiger partial charge in [0.2, 0.25) is 6.20 Å². The first-order valence-electron chi connectivity index (χ1n) is 2.60. The molecule has 1 aromatic rings. The molecular formula is C5H5N3O2. The standard InChI is InChI=1S/C5H5N3O2/c9-8(10)4-2-5-1-3-6-7-5/h1-4H,(H,6,7)/b4-2+. The second-order valence-electron chi connectivity index (χ2n) is 1.61. The van der Waals surface area contributed by atoms with Crippen LogP contribution in [-0.4, -0.2) is 15.1 Å². The number of rotatable bonds is 2. The van der Waals surface area contributed by atoms with E-state index in [4.69, 9.17) is 0 Å². The zero-order valence-corrected chi connectivity index (χ0v) is 5.02. The molecule has 1 aromatic heterocycles. The summed E-state index contributed by atoms with van der Waals surface area (Å²) in [6, 6.07) is 1.64.